The number of hydrogen-bond donors (Lipinski definition) is 1. The summed E-state index contributed by atoms with van der Waals surface area (Å²) < 4.78 is 40.5. The van der Waals surface area contributed by atoms with Gasteiger partial charge < -0.3 is 5.11 Å². The molecule has 2 heterocycles. The van der Waals surface area contributed by atoms with Crippen LogP contribution in [0.2, 0.25) is 0 Å². The second-order valence-electron chi connectivity index (χ2n) is 4.77. The SMILES string of the molecule is Cc1c(C(=O)O)nnn1-c1ccnc2c(C(F)(F)F)cccc12. The predicted molar refractivity (Wildman–Crippen MR) is 73.4 cm³/mol. The fourth-order valence-corrected chi connectivity index (χ4v) is 2.33. The molecule has 0 fully saturated rings. The number of alkyl halides is 3. The molecule has 1 aromatic carbocycles. The lowest BCUT2D eigenvalue weighted by Gasteiger charge is -2.12. The Morgan fingerprint density at radius 3 is 2.61 bits per heavy atom. The number of halogens is 3. The third kappa shape index (κ3) is 2.39. The van der Waals surface area contributed by atoms with Crippen molar-refractivity contribution in [2.45, 2.75) is 13.1 Å². The molecular formula is C14H9F3N4O2. The van der Waals surface area contributed by atoms with E-state index < -0.39 is 17.7 Å². The van der Waals surface area contributed by atoms with E-state index in [1.165, 1.54) is 36.0 Å². The van der Waals surface area contributed by atoms with E-state index in [0.717, 1.165) is 6.07 Å². The molecule has 0 unspecified atom stereocenters. The fraction of sp³-hybridized carbons (Fsp3) is 0.143. The number of aromatic nitrogens is 4. The van der Waals surface area contributed by atoms with Crippen molar-refractivity contribution < 1.29 is 23.1 Å². The van der Waals surface area contributed by atoms with Gasteiger partial charge in [-0.25, -0.2) is 9.48 Å². The molecule has 6 nitrogen and oxygen atoms in total. The normalized spacial score (nSPS) is 11.8. The van der Waals surface area contributed by atoms with Crippen LogP contribution in [0.4, 0.5) is 13.2 Å². The molecule has 9 heteroatoms. The van der Waals surface area contributed by atoms with E-state index in [4.69, 9.17) is 5.11 Å². The highest BCUT2D eigenvalue weighted by Gasteiger charge is 2.33. The molecule has 118 valence electrons. The zero-order chi connectivity index (χ0) is 16.8. The quantitative estimate of drug-likeness (QED) is 0.784. The molecule has 0 spiro atoms. The van der Waals surface area contributed by atoms with Gasteiger partial charge in [0.15, 0.2) is 5.69 Å². The van der Waals surface area contributed by atoms with Crippen LogP contribution in [0.1, 0.15) is 21.7 Å². The standard InChI is InChI=1S/C14H9F3N4O2/c1-7-11(13(22)23)19-20-21(7)10-5-6-18-12-8(10)3-2-4-9(12)14(15,16)17/h2-6H,1H3,(H,22,23). The highest BCUT2D eigenvalue weighted by molar-refractivity contribution is 5.90. The lowest BCUT2D eigenvalue weighted by molar-refractivity contribution is -0.136. The highest BCUT2D eigenvalue weighted by Crippen LogP contribution is 2.35. The van der Waals surface area contributed by atoms with Crippen LogP contribution in [0, 0.1) is 6.92 Å². The van der Waals surface area contributed by atoms with Crippen LogP contribution in [0.25, 0.3) is 16.6 Å². The van der Waals surface area contributed by atoms with Gasteiger partial charge in [-0.3, -0.25) is 4.98 Å². The smallest absolute Gasteiger partial charge is 0.418 e. The maximum Gasteiger partial charge on any atom is 0.418 e. The van der Waals surface area contributed by atoms with Crippen molar-refractivity contribution >= 4 is 16.9 Å². The van der Waals surface area contributed by atoms with Gasteiger partial charge in [0.05, 0.1) is 22.5 Å². The van der Waals surface area contributed by atoms with Crippen molar-refractivity contribution in [1.29, 1.82) is 0 Å². The first kappa shape index (κ1) is 14.9. The number of carboxylic acid groups (broad SMARTS) is 1. The van der Waals surface area contributed by atoms with E-state index >= 15 is 0 Å². The number of carbonyl (C=O) groups is 1. The molecule has 23 heavy (non-hydrogen) atoms. The van der Waals surface area contributed by atoms with Crippen LogP contribution in [-0.2, 0) is 6.18 Å². The Morgan fingerprint density at radius 2 is 2.00 bits per heavy atom. The molecule has 0 aliphatic carbocycles. The van der Waals surface area contributed by atoms with Gasteiger partial charge in [-0.05, 0) is 19.1 Å². The second-order valence-corrected chi connectivity index (χ2v) is 4.77. The average Bonchev–Trinajstić information content (AvgIpc) is 2.86. The lowest BCUT2D eigenvalue weighted by Crippen LogP contribution is -2.08. The van der Waals surface area contributed by atoms with E-state index in [1.54, 1.807) is 0 Å². The Balaban J connectivity index is 2.30. The first-order valence-electron chi connectivity index (χ1n) is 6.41. The van der Waals surface area contributed by atoms with Crippen molar-refractivity contribution in [2.75, 3.05) is 0 Å². The summed E-state index contributed by atoms with van der Waals surface area (Å²) in [6.07, 6.45) is -3.33. The fourth-order valence-electron chi connectivity index (χ4n) is 2.33. The summed E-state index contributed by atoms with van der Waals surface area (Å²) in [5, 5.41) is 16.5. The molecule has 0 aliphatic heterocycles. The summed E-state index contributed by atoms with van der Waals surface area (Å²) in [7, 11) is 0. The first-order chi connectivity index (χ1) is 10.8. The van der Waals surface area contributed by atoms with E-state index in [1.807, 2.05) is 0 Å². The molecule has 3 rings (SSSR count). The number of carboxylic acids is 1. The van der Waals surface area contributed by atoms with E-state index in [-0.39, 0.29) is 28.0 Å². The zero-order valence-corrected chi connectivity index (χ0v) is 11.7. The summed E-state index contributed by atoms with van der Waals surface area (Å²) in [5.74, 6) is -1.26. The summed E-state index contributed by atoms with van der Waals surface area (Å²) in [6.45, 7) is 1.48. The van der Waals surface area contributed by atoms with Crippen molar-refractivity contribution in [2.24, 2.45) is 0 Å². The van der Waals surface area contributed by atoms with Gasteiger partial charge >= 0.3 is 12.1 Å². The van der Waals surface area contributed by atoms with Crippen LogP contribution in [0.5, 0.6) is 0 Å². The topological polar surface area (TPSA) is 80.9 Å². The largest absolute Gasteiger partial charge is 0.476 e. The Hall–Kier alpha value is -2.97. The Bertz CT molecular complexity index is 918. The van der Waals surface area contributed by atoms with Crippen LogP contribution in [-0.4, -0.2) is 31.1 Å². The summed E-state index contributed by atoms with van der Waals surface area (Å²) >= 11 is 0. The summed E-state index contributed by atoms with van der Waals surface area (Å²) in [4.78, 5) is 14.8. The number of pyridine rings is 1. The number of hydrogen-bond acceptors (Lipinski definition) is 4. The molecule has 0 saturated heterocycles. The number of fused-ring (bicyclic) bond motifs is 1. The lowest BCUT2D eigenvalue weighted by atomic mass is 10.1. The number of rotatable bonds is 2. The van der Waals surface area contributed by atoms with Crippen LogP contribution >= 0.6 is 0 Å². The number of aromatic carboxylic acids is 1. The molecule has 0 aliphatic rings. The highest BCUT2D eigenvalue weighted by atomic mass is 19.4. The van der Waals surface area contributed by atoms with Crippen LogP contribution < -0.4 is 0 Å². The van der Waals surface area contributed by atoms with Gasteiger partial charge in [0.25, 0.3) is 0 Å². The molecule has 0 saturated carbocycles. The molecule has 0 amide bonds. The van der Waals surface area contributed by atoms with Crippen molar-refractivity contribution in [3.63, 3.8) is 0 Å². The van der Waals surface area contributed by atoms with E-state index in [0.29, 0.717) is 0 Å². The maximum atomic E-state index is 13.1. The Morgan fingerprint density at radius 1 is 1.26 bits per heavy atom. The minimum Gasteiger partial charge on any atom is -0.476 e. The van der Waals surface area contributed by atoms with Crippen molar-refractivity contribution in [1.82, 2.24) is 20.0 Å². The molecule has 0 bridgehead atoms. The molecule has 2 aromatic heterocycles. The Kier molecular flexibility index (Phi) is 3.28. The van der Waals surface area contributed by atoms with Gasteiger partial charge in [0.2, 0.25) is 0 Å². The molecule has 1 N–H and O–H groups in total. The summed E-state index contributed by atoms with van der Waals surface area (Å²) in [5.41, 5.74) is -0.875. The van der Waals surface area contributed by atoms with Gasteiger partial charge in [-0.15, -0.1) is 5.10 Å². The van der Waals surface area contributed by atoms with Crippen LogP contribution in [0.15, 0.2) is 30.5 Å². The monoisotopic (exact) mass is 322 g/mol. The van der Waals surface area contributed by atoms with Gasteiger partial charge in [0.1, 0.15) is 0 Å². The molecule has 0 atom stereocenters. The van der Waals surface area contributed by atoms with Gasteiger partial charge in [-0.2, -0.15) is 13.2 Å². The molecule has 0 radical (unpaired) electrons. The number of para-hydroxylation sites is 1. The predicted octanol–water partition coefficient (Wildman–Crippen LogP) is 2.84. The third-order valence-electron chi connectivity index (χ3n) is 3.38. The second kappa shape index (κ2) is 5.04. The average molecular weight is 322 g/mol. The van der Waals surface area contributed by atoms with Crippen LogP contribution in [0.3, 0.4) is 0 Å². The van der Waals surface area contributed by atoms with Crippen molar-refractivity contribution in [3.05, 3.63) is 47.4 Å². The molecule has 3 aromatic rings. The third-order valence-corrected chi connectivity index (χ3v) is 3.38. The summed E-state index contributed by atoms with van der Waals surface area (Å²) in [6, 6.07) is 5.13. The van der Waals surface area contributed by atoms with Gasteiger partial charge in [0, 0.05) is 11.6 Å². The molecular weight excluding hydrogens is 313 g/mol. The van der Waals surface area contributed by atoms with E-state index in [9.17, 15) is 18.0 Å². The Labute approximate surface area is 127 Å². The maximum absolute atomic E-state index is 13.1. The first-order valence-corrected chi connectivity index (χ1v) is 6.41. The van der Waals surface area contributed by atoms with Crippen molar-refractivity contribution in [3.8, 4) is 5.69 Å². The van der Waals surface area contributed by atoms with Gasteiger partial charge in [-0.1, -0.05) is 17.3 Å². The minimum atomic E-state index is -4.55. The zero-order valence-electron chi connectivity index (χ0n) is 11.7. The number of nitrogens with zero attached hydrogens (tertiary/aromatic N) is 4. The minimum absolute atomic E-state index is 0.201. The number of benzene rings is 1. The van der Waals surface area contributed by atoms with E-state index in [2.05, 4.69) is 15.3 Å².